The number of nitrogens with zero attached hydrogens (tertiary/aromatic N) is 1. The fourth-order valence-corrected chi connectivity index (χ4v) is 1.35. The van der Waals surface area contributed by atoms with Crippen molar-refractivity contribution in [3.05, 3.63) is 23.9 Å². The quantitative estimate of drug-likeness (QED) is 0.772. The van der Waals surface area contributed by atoms with Crippen LogP contribution >= 0.6 is 0 Å². The molecule has 1 amide bonds. The molecule has 0 aromatic carbocycles. The van der Waals surface area contributed by atoms with Gasteiger partial charge in [-0.25, -0.2) is 9.78 Å². The van der Waals surface area contributed by atoms with Gasteiger partial charge in [0.15, 0.2) is 12.6 Å². The number of alkyl halides is 3. The monoisotopic (exact) mass is 322 g/mol. The molecule has 0 aliphatic rings. The van der Waals surface area contributed by atoms with Crippen molar-refractivity contribution < 1.29 is 37.3 Å². The number of rotatable bonds is 7. The van der Waals surface area contributed by atoms with Crippen molar-refractivity contribution in [3.8, 4) is 5.88 Å². The molecule has 1 aromatic heterocycles. The molecule has 0 radical (unpaired) electrons. The summed E-state index contributed by atoms with van der Waals surface area (Å²) in [6.45, 7) is -1.82. The lowest BCUT2D eigenvalue weighted by atomic mass is 10.2. The number of nitrogens with one attached hydrogen (secondary N) is 1. The predicted molar refractivity (Wildman–Crippen MR) is 66.6 cm³/mol. The molecule has 22 heavy (non-hydrogen) atoms. The zero-order valence-corrected chi connectivity index (χ0v) is 11.4. The molecule has 2 N–H and O–H groups in total. The first kappa shape index (κ1) is 17.7. The number of aliphatic carboxylic acids is 1. The summed E-state index contributed by atoms with van der Waals surface area (Å²) in [7, 11) is 1.26. The highest BCUT2D eigenvalue weighted by Crippen LogP contribution is 2.17. The summed E-state index contributed by atoms with van der Waals surface area (Å²) in [6, 6.07) is 2.31. The van der Waals surface area contributed by atoms with Gasteiger partial charge in [0.25, 0.3) is 5.91 Å². The predicted octanol–water partition coefficient (Wildman–Crippen LogP) is 0.852. The van der Waals surface area contributed by atoms with E-state index in [0.29, 0.717) is 0 Å². The van der Waals surface area contributed by atoms with Crippen molar-refractivity contribution in [1.29, 1.82) is 0 Å². The van der Waals surface area contributed by atoms with E-state index in [1.54, 1.807) is 0 Å². The van der Waals surface area contributed by atoms with Gasteiger partial charge in [-0.05, 0) is 6.07 Å². The van der Waals surface area contributed by atoms with Crippen LogP contribution in [0.2, 0.25) is 0 Å². The number of hydrogen-bond donors (Lipinski definition) is 2. The van der Waals surface area contributed by atoms with E-state index >= 15 is 0 Å². The molecule has 1 atom stereocenters. The number of ether oxygens (including phenoxy) is 2. The summed E-state index contributed by atoms with van der Waals surface area (Å²) in [4.78, 5) is 26.3. The molecule has 0 aliphatic heterocycles. The fraction of sp³-hybridized carbons (Fsp3) is 0.417. The lowest BCUT2D eigenvalue weighted by molar-refractivity contribution is -0.154. The summed E-state index contributed by atoms with van der Waals surface area (Å²) in [5.74, 6) is -2.59. The molecule has 1 unspecified atom stereocenters. The van der Waals surface area contributed by atoms with Crippen LogP contribution < -0.4 is 10.1 Å². The minimum absolute atomic E-state index is 0.272. The number of amides is 1. The van der Waals surface area contributed by atoms with Gasteiger partial charge in [0.1, 0.15) is 5.69 Å². The Bertz CT molecular complexity index is 536. The fourth-order valence-electron chi connectivity index (χ4n) is 1.35. The largest absolute Gasteiger partial charge is 0.480 e. The van der Waals surface area contributed by atoms with E-state index in [9.17, 15) is 22.8 Å². The van der Waals surface area contributed by atoms with Gasteiger partial charge in [-0.1, -0.05) is 6.07 Å². The van der Waals surface area contributed by atoms with Crippen molar-refractivity contribution in [2.24, 2.45) is 0 Å². The van der Waals surface area contributed by atoms with E-state index in [1.807, 2.05) is 0 Å². The van der Waals surface area contributed by atoms with Crippen LogP contribution in [0.5, 0.6) is 5.88 Å². The number of carboxylic acid groups (broad SMARTS) is 1. The lowest BCUT2D eigenvalue weighted by Gasteiger charge is -2.13. The van der Waals surface area contributed by atoms with E-state index in [1.165, 1.54) is 19.2 Å². The minimum atomic E-state index is -4.53. The highest BCUT2D eigenvalue weighted by Gasteiger charge is 2.29. The first-order valence-electron chi connectivity index (χ1n) is 5.92. The normalized spacial score (nSPS) is 12.5. The zero-order chi connectivity index (χ0) is 16.8. The summed E-state index contributed by atoms with van der Waals surface area (Å²) < 4.78 is 45.1. The SMILES string of the molecule is COCC(NC(=O)c1cccc(OCC(F)(F)F)n1)C(=O)O. The van der Waals surface area contributed by atoms with E-state index in [0.717, 1.165) is 6.07 Å². The summed E-state index contributed by atoms with van der Waals surface area (Å²) >= 11 is 0. The van der Waals surface area contributed by atoms with Crippen molar-refractivity contribution >= 4 is 11.9 Å². The van der Waals surface area contributed by atoms with Crippen LogP contribution in [-0.4, -0.2) is 54.5 Å². The number of carbonyl (C=O) groups excluding carboxylic acids is 1. The number of aromatic nitrogens is 1. The third kappa shape index (κ3) is 5.95. The third-order valence-electron chi connectivity index (χ3n) is 2.28. The molecule has 1 rings (SSSR count). The summed E-state index contributed by atoms with van der Waals surface area (Å²) in [5, 5.41) is 11.0. The van der Waals surface area contributed by atoms with Crippen molar-refractivity contribution in [3.63, 3.8) is 0 Å². The van der Waals surface area contributed by atoms with E-state index in [2.05, 4.69) is 19.8 Å². The van der Waals surface area contributed by atoms with Crippen LogP contribution in [0.3, 0.4) is 0 Å². The van der Waals surface area contributed by atoms with Gasteiger partial charge in [-0.2, -0.15) is 13.2 Å². The Morgan fingerprint density at radius 3 is 2.64 bits per heavy atom. The van der Waals surface area contributed by atoms with Crippen molar-refractivity contribution in [2.45, 2.75) is 12.2 Å². The highest BCUT2D eigenvalue weighted by molar-refractivity contribution is 5.95. The van der Waals surface area contributed by atoms with Gasteiger partial charge in [-0.15, -0.1) is 0 Å². The van der Waals surface area contributed by atoms with Crippen LogP contribution in [-0.2, 0) is 9.53 Å². The molecular formula is C12H13F3N2O5. The van der Waals surface area contributed by atoms with Gasteiger partial charge in [0.05, 0.1) is 6.61 Å². The molecule has 0 spiro atoms. The van der Waals surface area contributed by atoms with Gasteiger partial charge in [0.2, 0.25) is 5.88 Å². The number of methoxy groups -OCH3 is 1. The molecular weight excluding hydrogens is 309 g/mol. The number of carbonyl (C=O) groups is 2. The highest BCUT2D eigenvalue weighted by atomic mass is 19.4. The van der Waals surface area contributed by atoms with E-state index in [-0.39, 0.29) is 12.3 Å². The lowest BCUT2D eigenvalue weighted by Crippen LogP contribution is -2.44. The Balaban J connectivity index is 2.75. The second-order valence-electron chi connectivity index (χ2n) is 4.08. The zero-order valence-electron chi connectivity index (χ0n) is 11.4. The molecule has 7 nitrogen and oxygen atoms in total. The number of halogens is 3. The maximum Gasteiger partial charge on any atom is 0.422 e. The number of hydrogen-bond acceptors (Lipinski definition) is 5. The van der Waals surface area contributed by atoms with Crippen LogP contribution in [0, 0.1) is 0 Å². The number of pyridine rings is 1. The molecule has 122 valence electrons. The summed E-state index contributed by atoms with van der Waals surface area (Å²) in [6.07, 6.45) is -4.53. The Morgan fingerprint density at radius 2 is 2.09 bits per heavy atom. The number of carboxylic acids is 1. The molecule has 0 fully saturated rings. The van der Waals surface area contributed by atoms with Crippen LogP contribution in [0.4, 0.5) is 13.2 Å². The van der Waals surface area contributed by atoms with Crippen LogP contribution in [0.1, 0.15) is 10.5 Å². The van der Waals surface area contributed by atoms with Gasteiger partial charge >= 0.3 is 12.1 Å². The molecule has 1 aromatic rings. The maximum atomic E-state index is 12.0. The molecule has 0 bridgehead atoms. The molecule has 0 saturated heterocycles. The Hall–Kier alpha value is -2.36. The Morgan fingerprint density at radius 1 is 1.41 bits per heavy atom. The first-order chi connectivity index (χ1) is 10.2. The molecule has 10 heteroatoms. The van der Waals surface area contributed by atoms with Crippen LogP contribution in [0.25, 0.3) is 0 Å². The Kier molecular flexibility index (Phi) is 6.11. The van der Waals surface area contributed by atoms with Crippen molar-refractivity contribution in [2.75, 3.05) is 20.3 Å². The second kappa shape index (κ2) is 7.59. The standard InChI is InChI=1S/C12H13F3N2O5/c1-21-5-8(11(19)20)17-10(18)7-3-2-4-9(16-7)22-6-12(13,14)15/h2-4,8H,5-6H2,1H3,(H,17,18)(H,19,20). The smallest absolute Gasteiger partial charge is 0.422 e. The van der Waals surface area contributed by atoms with Gasteiger partial charge in [0, 0.05) is 13.2 Å². The van der Waals surface area contributed by atoms with Crippen LogP contribution in [0.15, 0.2) is 18.2 Å². The maximum absolute atomic E-state index is 12.0. The van der Waals surface area contributed by atoms with Gasteiger partial charge in [-0.3, -0.25) is 4.79 Å². The molecule has 0 aliphatic carbocycles. The molecule has 0 saturated carbocycles. The molecule has 1 heterocycles. The Labute approximate surface area is 123 Å². The van der Waals surface area contributed by atoms with Crippen molar-refractivity contribution in [1.82, 2.24) is 10.3 Å². The van der Waals surface area contributed by atoms with E-state index < -0.39 is 36.6 Å². The van der Waals surface area contributed by atoms with E-state index in [4.69, 9.17) is 5.11 Å². The third-order valence-corrected chi connectivity index (χ3v) is 2.28. The average molecular weight is 322 g/mol. The summed E-state index contributed by atoms with van der Waals surface area (Å²) in [5.41, 5.74) is -0.276. The van der Waals surface area contributed by atoms with Gasteiger partial charge < -0.3 is 19.9 Å². The topological polar surface area (TPSA) is 97.8 Å². The first-order valence-corrected chi connectivity index (χ1v) is 5.92. The second-order valence-corrected chi connectivity index (χ2v) is 4.08. The average Bonchev–Trinajstić information content (AvgIpc) is 2.44. The minimum Gasteiger partial charge on any atom is -0.480 e.